The molecule has 2 aromatic carbocycles. The molecule has 23 heavy (non-hydrogen) atoms. The minimum absolute atomic E-state index is 0.147. The van der Waals surface area contributed by atoms with E-state index in [0.29, 0.717) is 11.4 Å². The van der Waals surface area contributed by atoms with Crippen molar-refractivity contribution in [1.82, 2.24) is 0 Å². The van der Waals surface area contributed by atoms with Crippen molar-refractivity contribution in [2.45, 2.75) is 19.3 Å². The summed E-state index contributed by atoms with van der Waals surface area (Å²) in [5.41, 5.74) is 3.12. The third-order valence-electron chi connectivity index (χ3n) is 4.55. The van der Waals surface area contributed by atoms with Crippen molar-refractivity contribution in [1.29, 1.82) is 0 Å². The highest BCUT2D eigenvalue weighted by Crippen LogP contribution is 2.21. The van der Waals surface area contributed by atoms with Gasteiger partial charge in [0.25, 0.3) is 5.91 Å². The van der Waals surface area contributed by atoms with Crippen LogP contribution in [0.3, 0.4) is 0 Å². The number of halogens is 1. The number of hydrogen-bond acceptors (Lipinski definition) is 2. The van der Waals surface area contributed by atoms with Gasteiger partial charge in [0.05, 0.1) is 5.36 Å². The van der Waals surface area contributed by atoms with Crippen LogP contribution in [-0.4, -0.2) is 19.0 Å². The van der Waals surface area contributed by atoms with Gasteiger partial charge < -0.3 is 4.90 Å². The van der Waals surface area contributed by atoms with E-state index < -0.39 is 0 Å². The molecule has 3 nitrogen and oxygen atoms in total. The molecule has 2 aromatic rings. The van der Waals surface area contributed by atoms with Crippen LogP contribution in [0.2, 0.25) is 5.02 Å². The zero-order valence-electron chi connectivity index (χ0n) is 12.8. The standard InChI is InChI=1S/C19H17ClN2O/c20-14-5-8-18-16(12-14)17(19(23)21-18)11-13-3-6-15(7-4-13)22-9-1-2-10-22/h3-8,12H,1-2,9-11H2. The monoisotopic (exact) mass is 324 g/mol. The van der Waals surface area contributed by atoms with Gasteiger partial charge in [-0.15, -0.1) is 0 Å². The van der Waals surface area contributed by atoms with Crippen molar-refractivity contribution in [3.63, 3.8) is 0 Å². The Labute approximate surface area is 139 Å². The SMILES string of the molecule is O=C1N=c2ccc(Cl)cc2=C1Cc1ccc(N2CCCC2)cc1. The Morgan fingerprint density at radius 3 is 2.52 bits per heavy atom. The molecule has 2 aliphatic heterocycles. The molecular formula is C19H17ClN2O. The van der Waals surface area contributed by atoms with Crippen LogP contribution in [0.1, 0.15) is 18.4 Å². The molecular weight excluding hydrogens is 308 g/mol. The Balaban J connectivity index is 1.64. The van der Waals surface area contributed by atoms with Gasteiger partial charge in [-0.05, 0) is 48.7 Å². The summed E-state index contributed by atoms with van der Waals surface area (Å²) in [7, 11) is 0. The third-order valence-corrected chi connectivity index (χ3v) is 4.79. The fraction of sp³-hybridized carbons (Fsp3) is 0.263. The molecule has 2 aliphatic rings. The number of amides is 1. The molecule has 0 spiro atoms. The predicted octanol–water partition coefficient (Wildman–Crippen LogP) is 2.49. The number of carbonyl (C=O) groups is 1. The van der Waals surface area contributed by atoms with Gasteiger partial charge in [-0.25, -0.2) is 4.99 Å². The number of rotatable bonds is 3. The molecule has 116 valence electrons. The highest BCUT2D eigenvalue weighted by molar-refractivity contribution is 6.30. The van der Waals surface area contributed by atoms with Crippen LogP contribution in [0.5, 0.6) is 0 Å². The second-order valence-corrected chi connectivity index (χ2v) is 6.53. The minimum atomic E-state index is -0.147. The van der Waals surface area contributed by atoms with Crippen molar-refractivity contribution < 1.29 is 4.79 Å². The number of carbonyl (C=O) groups excluding carboxylic acids is 1. The van der Waals surface area contributed by atoms with Gasteiger partial charge in [0.2, 0.25) is 0 Å². The lowest BCUT2D eigenvalue weighted by atomic mass is 10.0. The smallest absolute Gasteiger partial charge is 0.274 e. The summed E-state index contributed by atoms with van der Waals surface area (Å²) in [4.78, 5) is 18.7. The van der Waals surface area contributed by atoms with E-state index in [9.17, 15) is 4.79 Å². The van der Waals surface area contributed by atoms with Crippen LogP contribution in [0, 0.1) is 0 Å². The summed E-state index contributed by atoms with van der Waals surface area (Å²) in [5, 5.41) is 2.23. The number of hydrogen-bond donors (Lipinski definition) is 0. The highest BCUT2D eigenvalue weighted by atomic mass is 35.5. The second kappa shape index (κ2) is 5.82. The Morgan fingerprint density at radius 1 is 1.04 bits per heavy atom. The molecule has 1 saturated heterocycles. The molecule has 0 radical (unpaired) electrons. The van der Waals surface area contributed by atoms with Gasteiger partial charge in [0, 0.05) is 41.0 Å². The first-order valence-electron chi connectivity index (χ1n) is 7.96. The Kier molecular flexibility index (Phi) is 3.66. The normalized spacial score (nSPS) is 16.7. The summed E-state index contributed by atoms with van der Waals surface area (Å²) in [6, 6.07) is 13.9. The summed E-state index contributed by atoms with van der Waals surface area (Å²) < 4.78 is 0. The number of benzene rings is 2. The first-order valence-corrected chi connectivity index (χ1v) is 8.34. The second-order valence-electron chi connectivity index (χ2n) is 6.09. The van der Waals surface area contributed by atoms with Crippen molar-refractivity contribution >= 4 is 28.8 Å². The Bertz CT molecular complexity index is 881. The van der Waals surface area contributed by atoms with E-state index >= 15 is 0 Å². The van der Waals surface area contributed by atoms with Crippen molar-refractivity contribution in [3.05, 3.63) is 63.6 Å². The van der Waals surface area contributed by atoms with E-state index in [1.807, 2.05) is 6.07 Å². The minimum Gasteiger partial charge on any atom is -0.372 e. The molecule has 4 heteroatoms. The van der Waals surface area contributed by atoms with E-state index in [1.165, 1.54) is 18.5 Å². The average Bonchev–Trinajstić information content (AvgIpc) is 3.18. The summed E-state index contributed by atoms with van der Waals surface area (Å²) in [5.74, 6) is -0.147. The lowest BCUT2D eigenvalue weighted by Crippen LogP contribution is -2.23. The first-order chi connectivity index (χ1) is 11.2. The third kappa shape index (κ3) is 2.77. The number of fused-ring (bicyclic) bond motifs is 1. The van der Waals surface area contributed by atoms with Gasteiger partial charge >= 0.3 is 0 Å². The molecule has 1 amide bonds. The molecule has 0 N–H and O–H groups in total. The largest absolute Gasteiger partial charge is 0.372 e. The molecule has 0 unspecified atom stereocenters. The maximum atomic E-state index is 12.2. The van der Waals surface area contributed by atoms with E-state index in [-0.39, 0.29) is 5.91 Å². The predicted molar refractivity (Wildman–Crippen MR) is 92.2 cm³/mol. The van der Waals surface area contributed by atoms with Crippen LogP contribution in [0.15, 0.2) is 47.5 Å². The number of anilines is 1. The maximum absolute atomic E-state index is 12.2. The van der Waals surface area contributed by atoms with E-state index in [2.05, 4.69) is 34.2 Å². The molecule has 0 bridgehead atoms. The first kappa shape index (κ1) is 14.5. The van der Waals surface area contributed by atoms with Gasteiger partial charge in [-0.1, -0.05) is 23.7 Å². The van der Waals surface area contributed by atoms with Crippen LogP contribution in [-0.2, 0) is 11.2 Å². The lowest BCUT2D eigenvalue weighted by molar-refractivity contribution is -0.112. The molecule has 4 rings (SSSR count). The molecule has 1 fully saturated rings. The maximum Gasteiger partial charge on any atom is 0.274 e. The topological polar surface area (TPSA) is 32.7 Å². The van der Waals surface area contributed by atoms with Crippen LogP contribution >= 0.6 is 11.6 Å². The van der Waals surface area contributed by atoms with E-state index in [1.54, 1.807) is 12.1 Å². The van der Waals surface area contributed by atoms with Gasteiger partial charge in [0.1, 0.15) is 0 Å². The van der Waals surface area contributed by atoms with Crippen LogP contribution in [0.4, 0.5) is 5.69 Å². The van der Waals surface area contributed by atoms with Crippen molar-refractivity contribution in [2.75, 3.05) is 18.0 Å². The lowest BCUT2D eigenvalue weighted by Gasteiger charge is -2.17. The zero-order valence-corrected chi connectivity index (χ0v) is 13.5. The summed E-state index contributed by atoms with van der Waals surface area (Å²) >= 11 is 6.06. The Hall–Kier alpha value is -2.13. The summed E-state index contributed by atoms with van der Waals surface area (Å²) in [6.07, 6.45) is 3.14. The fourth-order valence-electron chi connectivity index (χ4n) is 3.31. The molecule has 2 heterocycles. The highest BCUT2D eigenvalue weighted by Gasteiger charge is 2.17. The van der Waals surface area contributed by atoms with Crippen molar-refractivity contribution in [3.8, 4) is 0 Å². The zero-order chi connectivity index (χ0) is 15.8. The average molecular weight is 325 g/mol. The van der Waals surface area contributed by atoms with Crippen molar-refractivity contribution in [2.24, 2.45) is 4.99 Å². The van der Waals surface area contributed by atoms with Gasteiger partial charge in [-0.3, -0.25) is 4.79 Å². The van der Waals surface area contributed by atoms with Crippen LogP contribution < -0.4 is 15.5 Å². The molecule has 0 atom stereocenters. The fourth-order valence-corrected chi connectivity index (χ4v) is 3.49. The molecule has 0 saturated carbocycles. The van der Waals surface area contributed by atoms with Gasteiger partial charge in [-0.2, -0.15) is 0 Å². The Morgan fingerprint density at radius 2 is 1.78 bits per heavy atom. The quantitative estimate of drug-likeness (QED) is 0.869. The molecule has 0 aromatic heterocycles. The summed E-state index contributed by atoms with van der Waals surface area (Å²) in [6.45, 7) is 2.28. The number of nitrogens with zero attached hydrogens (tertiary/aromatic N) is 2. The van der Waals surface area contributed by atoms with E-state index in [4.69, 9.17) is 11.6 Å². The van der Waals surface area contributed by atoms with Gasteiger partial charge in [0.15, 0.2) is 0 Å². The van der Waals surface area contributed by atoms with E-state index in [0.717, 1.165) is 34.8 Å². The van der Waals surface area contributed by atoms with Crippen LogP contribution in [0.25, 0.3) is 5.57 Å². The molecule has 0 aliphatic carbocycles.